The fraction of sp³-hybridized carbons (Fsp3) is 1.00. The molecule has 0 bridgehead atoms. The molecule has 1 saturated carbocycles. The van der Waals surface area contributed by atoms with Crippen LogP contribution in [0, 0.1) is 0 Å². The van der Waals surface area contributed by atoms with Crippen LogP contribution in [0.15, 0.2) is 0 Å². The summed E-state index contributed by atoms with van der Waals surface area (Å²) in [5.74, 6) is 0. The topological polar surface area (TPSA) is 15.3 Å². The summed E-state index contributed by atoms with van der Waals surface area (Å²) >= 11 is 0. The quantitative estimate of drug-likeness (QED) is 0.832. The van der Waals surface area contributed by atoms with Gasteiger partial charge in [0.2, 0.25) is 0 Å². The van der Waals surface area contributed by atoms with Crippen LogP contribution in [0.2, 0.25) is 0 Å². The van der Waals surface area contributed by atoms with E-state index in [0.717, 1.165) is 6.04 Å². The van der Waals surface area contributed by atoms with Crippen molar-refractivity contribution in [2.24, 2.45) is 0 Å². The van der Waals surface area contributed by atoms with Gasteiger partial charge in [-0.3, -0.25) is 4.90 Å². The Hall–Kier alpha value is -0.0800. The lowest BCUT2D eigenvalue weighted by Crippen LogP contribution is -2.52. The predicted octanol–water partition coefficient (Wildman–Crippen LogP) is 3.95. The van der Waals surface area contributed by atoms with Gasteiger partial charge >= 0.3 is 0 Å². The third-order valence-electron chi connectivity index (χ3n) is 5.57. The lowest BCUT2D eigenvalue weighted by Gasteiger charge is -2.39. The average molecular weight is 266 g/mol. The first-order chi connectivity index (χ1) is 9.29. The zero-order valence-corrected chi connectivity index (χ0v) is 13.2. The lowest BCUT2D eigenvalue weighted by atomic mass is 9.90. The molecule has 0 atom stereocenters. The number of nitrogens with one attached hydrogen (secondary N) is 1. The fourth-order valence-corrected chi connectivity index (χ4v) is 3.99. The molecule has 2 nitrogen and oxygen atoms in total. The second-order valence-corrected chi connectivity index (χ2v) is 6.74. The van der Waals surface area contributed by atoms with Crippen LogP contribution < -0.4 is 5.32 Å². The molecule has 0 unspecified atom stereocenters. The fourth-order valence-electron chi connectivity index (χ4n) is 3.99. The van der Waals surface area contributed by atoms with Gasteiger partial charge in [0.05, 0.1) is 0 Å². The Kier molecular flexibility index (Phi) is 6.15. The molecule has 1 heterocycles. The molecule has 1 saturated heterocycles. The molecule has 0 aromatic carbocycles. The van der Waals surface area contributed by atoms with Gasteiger partial charge in [0.1, 0.15) is 0 Å². The average Bonchev–Trinajstić information content (AvgIpc) is 2.62. The minimum atomic E-state index is 0.388. The van der Waals surface area contributed by atoms with Crippen molar-refractivity contribution in [3.8, 4) is 0 Å². The van der Waals surface area contributed by atoms with Gasteiger partial charge in [-0.15, -0.1) is 0 Å². The highest BCUT2D eigenvalue weighted by Crippen LogP contribution is 2.26. The molecule has 2 heteroatoms. The van der Waals surface area contributed by atoms with Crippen LogP contribution >= 0.6 is 0 Å². The Morgan fingerprint density at radius 2 is 1.58 bits per heavy atom. The Labute approximate surface area is 120 Å². The number of hydrogen-bond donors (Lipinski definition) is 1. The summed E-state index contributed by atoms with van der Waals surface area (Å²) in [7, 11) is 0. The Morgan fingerprint density at radius 1 is 0.947 bits per heavy atom. The SMILES string of the molecule is CCC1(CC)CN(C2CCCCCCC2)CCCN1. The highest BCUT2D eigenvalue weighted by atomic mass is 15.2. The van der Waals surface area contributed by atoms with Crippen LogP contribution in [0.5, 0.6) is 0 Å². The van der Waals surface area contributed by atoms with Gasteiger partial charge in [0, 0.05) is 18.1 Å². The van der Waals surface area contributed by atoms with Crippen molar-refractivity contribution in [1.29, 1.82) is 0 Å². The van der Waals surface area contributed by atoms with E-state index in [1.54, 1.807) is 0 Å². The largest absolute Gasteiger partial charge is 0.310 e. The van der Waals surface area contributed by atoms with E-state index in [2.05, 4.69) is 24.1 Å². The normalized spacial score (nSPS) is 27.5. The summed E-state index contributed by atoms with van der Waals surface area (Å²) in [6.45, 7) is 8.53. The maximum atomic E-state index is 3.85. The summed E-state index contributed by atoms with van der Waals surface area (Å²) in [6.07, 6.45) is 14.1. The molecule has 19 heavy (non-hydrogen) atoms. The molecule has 1 aliphatic carbocycles. The van der Waals surface area contributed by atoms with E-state index < -0.39 is 0 Å². The zero-order valence-electron chi connectivity index (χ0n) is 13.2. The van der Waals surface area contributed by atoms with Crippen molar-refractivity contribution in [3.63, 3.8) is 0 Å². The number of nitrogens with zero attached hydrogens (tertiary/aromatic N) is 1. The molecule has 0 aromatic heterocycles. The van der Waals surface area contributed by atoms with E-state index in [1.165, 1.54) is 83.8 Å². The smallest absolute Gasteiger partial charge is 0.0303 e. The van der Waals surface area contributed by atoms with E-state index in [4.69, 9.17) is 0 Å². The first-order valence-corrected chi connectivity index (χ1v) is 8.79. The van der Waals surface area contributed by atoms with Crippen LogP contribution in [-0.4, -0.2) is 36.1 Å². The highest BCUT2D eigenvalue weighted by Gasteiger charge is 2.32. The van der Waals surface area contributed by atoms with Gasteiger partial charge in [0.25, 0.3) is 0 Å². The third-order valence-corrected chi connectivity index (χ3v) is 5.57. The summed E-state index contributed by atoms with van der Waals surface area (Å²) in [5.41, 5.74) is 0.388. The Bertz CT molecular complexity index is 240. The first kappa shape index (κ1) is 15.3. The van der Waals surface area contributed by atoms with E-state index in [0.29, 0.717) is 5.54 Å². The highest BCUT2D eigenvalue weighted by molar-refractivity contribution is 4.93. The first-order valence-electron chi connectivity index (χ1n) is 8.79. The number of hydrogen-bond acceptors (Lipinski definition) is 2. The lowest BCUT2D eigenvalue weighted by molar-refractivity contribution is 0.128. The minimum absolute atomic E-state index is 0.388. The standard InChI is InChI=1S/C17H34N2/c1-3-17(4-2)15-19(14-10-13-18-17)16-11-8-6-5-7-9-12-16/h16,18H,3-15H2,1-2H3. The van der Waals surface area contributed by atoms with Crippen molar-refractivity contribution in [2.45, 2.75) is 89.6 Å². The second kappa shape index (κ2) is 7.64. The van der Waals surface area contributed by atoms with Gasteiger partial charge in [-0.1, -0.05) is 46.0 Å². The molecule has 1 aliphatic heterocycles. The minimum Gasteiger partial charge on any atom is -0.310 e. The summed E-state index contributed by atoms with van der Waals surface area (Å²) in [5, 5.41) is 3.85. The molecule has 0 spiro atoms. The third kappa shape index (κ3) is 4.19. The zero-order chi connectivity index (χ0) is 13.6. The summed E-state index contributed by atoms with van der Waals surface area (Å²) in [4.78, 5) is 2.85. The molecule has 2 fully saturated rings. The molecule has 2 rings (SSSR count). The van der Waals surface area contributed by atoms with Gasteiger partial charge < -0.3 is 5.32 Å². The van der Waals surface area contributed by atoms with Crippen molar-refractivity contribution in [2.75, 3.05) is 19.6 Å². The molecule has 1 N–H and O–H groups in total. The van der Waals surface area contributed by atoms with Crippen molar-refractivity contribution in [1.82, 2.24) is 10.2 Å². The summed E-state index contributed by atoms with van der Waals surface area (Å²) < 4.78 is 0. The molecule has 112 valence electrons. The van der Waals surface area contributed by atoms with Crippen molar-refractivity contribution >= 4 is 0 Å². The van der Waals surface area contributed by atoms with Crippen molar-refractivity contribution in [3.05, 3.63) is 0 Å². The molecular formula is C17H34N2. The number of rotatable bonds is 3. The second-order valence-electron chi connectivity index (χ2n) is 6.74. The predicted molar refractivity (Wildman–Crippen MR) is 83.6 cm³/mol. The maximum Gasteiger partial charge on any atom is 0.0303 e. The van der Waals surface area contributed by atoms with Crippen LogP contribution in [0.3, 0.4) is 0 Å². The van der Waals surface area contributed by atoms with Crippen molar-refractivity contribution < 1.29 is 0 Å². The Morgan fingerprint density at radius 3 is 2.21 bits per heavy atom. The van der Waals surface area contributed by atoms with Gasteiger partial charge in [0.15, 0.2) is 0 Å². The van der Waals surface area contributed by atoms with E-state index >= 15 is 0 Å². The molecule has 0 amide bonds. The van der Waals surface area contributed by atoms with Crippen LogP contribution in [0.1, 0.15) is 78.1 Å². The van der Waals surface area contributed by atoms with E-state index in [9.17, 15) is 0 Å². The molecule has 2 aliphatic rings. The van der Waals surface area contributed by atoms with Gasteiger partial charge in [-0.25, -0.2) is 0 Å². The molecular weight excluding hydrogens is 232 g/mol. The van der Waals surface area contributed by atoms with Crippen LogP contribution in [0.25, 0.3) is 0 Å². The maximum absolute atomic E-state index is 3.85. The van der Waals surface area contributed by atoms with E-state index in [1.807, 2.05) is 0 Å². The van der Waals surface area contributed by atoms with Gasteiger partial charge in [-0.2, -0.15) is 0 Å². The molecule has 0 radical (unpaired) electrons. The van der Waals surface area contributed by atoms with Crippen LogP contribution in [-0.2, 0) is 0 Å². The van der Waals surface area contributed by atoms with E-state index in [-0.39, 0.29) is 0 Å². The van der Waals surface area contributed by atoms with Crippen LogP contribution in [0.4, 0.5) is 0 Å². The summed E-state index contributed by atoms with van der Waals surface area (Å²) in [6, 6.07) is 0.873. The molecule has 0 aromatic rings. The monoisotopic (exact) mass is 266 g/mol. The Balaban J connectivity index is 1.99. The van der Waals surface area contributed by atoms with Gasteiger partial charge in [-0.05, 0) is 45.2 Å².